The van der Waals surface area contributed by atoms with Gasteiger partial charge in [-0.05, 0) is 18.2 Å². The number of nitrogens with zero attached hydrogens (tertiary/aromatic N) is 3. The van der Waals surface area contributed by atoms with Gasteiger partial charge in [0.1, 0.15) is 18.2 Å². The summed E-state index contributed by atoms with van der Waals surface area (Å²) < 4.78 is 12.7. The van der Waals surface area contributed by atoms with Gasteiger partial charge in [0.05, 0.1) is 30.4 Å². The van der Waals surface area contributed by atoms with Gasteiger partial charge in [-0.25, -0.2) is 4.79 Å². The Hall–Kier alpha value is -3.05. The van der Waals surface area contributed by atoms with Crippen molar-refractivity contribution in [3.8, 4) is 18.1 Å². The minimum Gasteiger partial charge on any atom is -0.490 e. The van der Waals surface area contributed by atoms with Crippen molar-refractivity contribution in [3.63, 3.8) is 0 Å². The molecule has 0 saturated heterocycles. The Morgan fingerprint density at radius 1 is 1.40 bits per heavy atom. The van der Waals surface area contributed by atoms with E-state index in [-0.39, 0.29) is 13.2 Å². The fraction of sp³-hybridized carbons (Fsp3) is 0.273. The van der Waals surface area contributed by atoms with E-state index in [2.05, 4.69) is 10.9 Å². The van der Waals surface area contributed by atoms with Crippen LogP contribution >= 0.6 is 11.6 Å². The second-order valence-corrected chi connectivity index (χ2v) is 7.21. The third-order valence-electron chi connectivity index (χ3n) is 5.05. The van der Waals surface area contributed by atoms with Crippen LogP contribution in [0.5, 0.6) is 5.75 Å². The zero-order valence-corrected chi connectivity index (χ0v) is 17.1. The second kappa shape index (κ2) is 8.36. The molecule has 1 N–H and O–H groups in total. The highest BCUT2D eigenvalue weighted by Crippen LogP contribution is 2.38. The van der Waals surface area contributed by atoms with Crippen molar-refractivity contribution < 1.29 is 14.6 Å². The monoisotopic (exact) mass is 425 g/mol. The lowest BCUT2D eigenvalue weighted by Crippen LogP contribution is -2.28. The number of benzene rings is 2. The lowest BCUT2D eigenvalue weighted by Gasteiger charge is -2.25. The molecule has 0 unspecified atom stereocenters. The summed E-state index contributed by atoms with van der Waals surface area (Å²) in [7, 11) is 1.64. The summed E-state index contributed by atoms with van der Waals surface area (Å²) in [5.41, 5.74) is 2.67. The van der Waals surface area contributed by atoms with Gasteiger partial charge in [0.2, 0.25) is 0 Å². The number of rotatable bonds is 4. The van der Waals surface area contributed by atoms with E-state index < -0.39 is 5.69 Å². The van der Waals surface area contributed by atoms with Gasteiger partial charge in [-0.1, -0.05) is 23.6 Å². The Labute approximate surface area is 178 Å². The van der Waals surface area contributed by atoms with Crippen molar-refractivity contribution in [2.75, 3.05) is 31.3 Å². The Bertz CT molecular complexity index is 1220. The van der Waals surface area contributed by atoms with Gasteiger partial charge in [-0.2, -0.15) is 4.98 Å². The molecule has 1 aliphatic heterocycles. The molecule has 2 aromatic carbocycles. The first-order valence-corrected chi connectivity index (χ1v) is 9.80. The van der Waals surface area contributed by atoms with Gasteiger partial charge < -0.3 is 19.5 Å². The molecule has 0 fully saturated rings. The van der Waals surface area contributed by atoms with Crippen molar-refractivity contribution in [2.45, 2.75) is 6.61 Å². The lowest BCUT2D eigenvalue weighted by atomic mass is 10.1. The summed E-state index contributed by atoms with van der Waals surface area (Å²) in [5, 5.41) is 10.1. The second-order valence-electron chi connectivity index (χ2n) is 6.80. The molecule has 3 aromatic rings. The molecule has 0 bridgehead atoms. The van der Waals surface area contributed by atoms with E-state index in [0.717, 1.165) is 16.8 Å². The van der Waals surface area contributed by atoms with Gasteiger partial charge in [0.25, 0.3) is 0 Å². The van der Waals surface area contributed by atoms with E-state index in [1.54, 1.807) is 19.2 Å². The quantitative estimate of drug-likeness (QED) is 0.647. The van der Waals surface area contributed by atoms with E-state index in [1.165, 1.54) is 4.57 Å². The number of anilines is 2. The van der Waals surface area contributed by atoms with Gasteiger partial charge in [0.15, 0.2) is 0 Å². The summed E-state index contributed by atoms with van der Waals surface area (Å²) >= 11 is 6.43. The number of hydrogen-bond acceptors (Lipinski definition) is 6. The number of fused-ring (bicyclic) bond motifs is 2. The zero-order valence-electron chi connectivity index (χ0n) is 16.4. The van der Waals surface area contributed by atoms with Crippen LogP contribution in [-0.4, -0.2) is 41.0 Å². The fourth-order valence-corrected chi connectivity index (χ4v) is 3.80. The molecular weight excluding hydrogens is 406 g/mol. The van der Waals surface area contributed by atoms with E-state index in [4.69, 9.17) is 32.6 Å². The number of aryl methyl sites for hydroxylation is 1. The van der Waals surface area contributed by atoms with Crippen LogP contribution in [0.25, 0.3) is 10.9 Å². The molecule has 0 aliphatic carbocycles. The van der Waals surface area contributed by atoms with Crippen LogP contribution in [0.15, 0.2) is 35.1 Å². The highest BCUT2D eigenvalue weighted by atomic mass is 35.5. The third-order valence-corrected chi connectivity index (χ3v) is 5.34. The highest BCUT2D eigenvalue weighted by Gasteiger charge is 2.24. The predicted octanol–water partition coefficient (Wildman–Crippen LogP) is 2.61. The Kier molecular flexibility index (Phi) is 5.64. The topological polar surface area (TPSA) is 76.8 Å². The first-order valence-electron chi connectivity index (χ1n) is 9.43. The first kappa shape index (κ1) is 20.2. The Balaban J connectivity index is 1.96. The van der Waals surface area contributed by atoms with Crippen molar-refractivity contribution in [2.24, 2.45) is 7.05 Å². The smallest absolute Gasteiger partial charge is 0.349 e. The molecule has 0 saturated carbocycles. The van der Waals surface area contributed by atoms with Gasteiger partial charge in [-0.3, -0.25) is 4.57 Å². The molecule has 8 heteroatoms. The first-order chi connectivity index (χ1) is 14.5. The van der Waals surface area contributed by atoms with Crippen LogP contribution in [0, 0.1) is 12.3 Å². The highest BCUT2D eigenvalue weighted by molar-refractivity contribution is 6.33. The average molecular weight is 426 g/mol. The standard InChI is InChI=1S/C22H20ClN3O4/c1-3-14-5-4-6-18-16(14)13-29-9-7-26(18)21-15-11-17(23)20(30-10-8-27)12-19(15)25(2)22(28)24-21/h1,4-6,11-12,27H,7-10,13H2,2H3. The maximum absolute atomic E-state index is 12.7. The van der Waals surface area contributed by atoms with Crippen molar-refractivity contribution in [1.82, 2.24) is 9.55 Å². The van der Waals surface area contributed by atoms with E-state index >= 15 is 0 Å². The van der Waals surface area contributed by atoms with Crippen molar-refractivity contribution in [1.29, 1.82) is 0 Å². The largest absolute Gasteiger partial charge is 0.490 e. The molecule has 30 heavy (non-hydrogen) atoms. The maximum Gasteiger partial charge on any atom is 0.349 e. The molecule has 0 atom stereocenters. The number of aliphatic hydroxyl groups is 1. The van der Waals surface area contributed by atoms with Crippen LogP contribution in [-0.2, 0) is 18.4 Å². The summed E-state index contributed by atoms with van der Waals surface area (Å²) in [6.45, 7) is 1.29. The summed E-state index contributed by atoms with van der Waals surface area (Å²) in [5.74, 6) is 3.56. The number of ether oxygens (including phenoxy) is 2. The zero-order chi connectivity index (χ0) is 21.3. The number of hydrogen-bond donors (Lipinski definition) is 1. The number of terminal acetylenes is 1. The number of aromatic nitrogens is 2. The van der Waals surface area contributed by atoms with Gasteiger partial charge in [0, 0.05) is 41.9 Å². The molecule has 1 aromatic heterocycles. The summed E-state index contributed by atoms with van der Waals surface area (Å²) in [6.07, 6.45) is 5.68. The summed E-state index contributed by atoms with van der Waals surface area (Å²) in [6, 6.07) is 9.09. The molecule has 1 aliphatic rings. The van der Waals surface area contributed by atoms with Crippen LogP contribution in [0.1, 0.15) is 11.1 Å². The molecule has 0 spiro atoms. The van der Waals surface area contributed by atoms with E-state index in [9.17, 15) is 4.79 Å². The van der Waals surface area contributed by atoms with Crippen LogP contribution in [0.4, 0.5) is 11.5 Å². The molecule has 4 rings (SSSR count). The molecule has 0 amide bonds. The maximum atomic E-state index is 12.7. The van der Waals surface area contributed by atoms with Crippen molar-refractivity contribution in [3.05, 3.63) is 57.0 Å². The molecule has 7 nitrogen and oxygen atoms in total. The van der Waals surface area contributed by atoms with E-state index in [1.807, 2.05) is 23.1 Å². The van der Waals surface area contributed by atoms with Crippen molar-refractivity contribution >= 4 is 34.0 Å². The minimum absolute atomic E-state index is 0.100. The van der Waals surface area contributed by atoms with E-state index in [0.29, 0.717) is 47.3 Å². The number of aliphatic hydroxyl groups excluding tert-OH is 1. The molecular formula is C22H20ClN3O4. The predicted molar refractivity (Wildman–Crippen MR) is 116 cm³/mol. The average Bonchev–Trinajstić information content (AvgIpc) is 2.97. The Morgan fingerprint density at radius 2 is 2.23 bits per heavy atom. The van der Waals surface area contributed by atoms with Crippen LogP contribution < -0.4 is 15.3 Å². The van der Waals surface area contributed by atoms with Crippen LogP contribution in [0.2, 0.25) is 5.02 Å². The lowest BCUT2D eigenvalue weighted by molar-refractivity contribution is 0.133. The normalized spacial score (nSPS) is 13.6. The SMILES string of the molecule is C#Cc1cccc2c1COCCN2c1nc(=O)n(C)c2cc(OCCO)c(Cl)cc12. The third kappa shape index (κ3) is 3.50. The van der Waals surface area contributed by atoms with Gasteiger partial charge in [-0.15, -0.1) is 6.42 Å². The number of halogens is 1. The molecule has 2 heterocycles. The minimum atomic E-state index is -0.409. The van der Waals surface area contributed by atoms with Crippen LogP contribution in [0.3, 0.4) is 0 Å². The fourth-order valence-electron chi connectivity index (χ4n) is 3.59. The summed E-state index contributed by atoms with van der Waals surface area (Å²) in [4.78, 5) is 19.0. The molecule has 0 radical (unpaired) electrons. The van der Waals surface area contributed by atoms with Gasteiger partial charge >= 0.3 is 5.69 Å². The molecule has 154 valence electrons. The Morgan fingerprint density at radius 3 is 3.00 bits per heavy atom.